The smallest absolute Gasteiger partial charge is 0.198 e. The molecule has 28 heavy (non-hydrogen) atoms. The molecular weight excluding hydrogens is 348 g/mol. The molecule has 0 aliphatic carbocycles. The standard InChI is InChI=1S/C23H40N4O/c1-18(2)12-14-28-21-10-8-20(9-11-21)27(17-23(4,5)16-24)22(25)26-13-6-7-19(3)15-26/h8-11,18-19,25H,6-7,12-17,24H2,1-5H3. The van der Waals surface area contributed by atoms with Gasteiger partial charge in [0, 0.05) is 25.3 Å². The fraction of sp³-hybridized carbons (Fsp3) is 0.696. The van der Waals surface area contributed by atoms with E-state index in [0.29, 0.717) is 24.3 Å². The van der Waals surface area contributed by atoms with Crippen molar-refractivity contribution in [2.75, 3.05) is 37.7 Å². The maximum Gasteiger partial charge on any atom is 0.198 e. The van der Waals surface area contributed by atoms with Crippen molar-refractivity contribution in [1.82, 2.24) is 4.90 Å². The van der Waals surface area contributed by atoms with Gasteiger partial charge < -0.3 is 20.3 Å². The van der Waals surface area contributed by atoms with Gasteiger partial charge in [-0.05, 0) is 67.3 Å². The number of nitrogens with one attached hydrogen (secondary N) is 1. The van der Waals surface area contributed by atoms with E-state index in [9.17, 15) is 0 Å². The molecule has 0 saturated carbocycles. The molecule has 3 N–H and O–H groups in total. The molecule has 5 nitrogen and oxygen atoms in total. The second kappa shape index (κ2) is 10.1. The number of hydrogen-bond donors (Lipinski definition) is 2. The third-order valence-electron chi connectivity index (χ3n) is 5.46. The van der Waals surface area contributed by atoms with Crippen molar-refractivity contribution >= 4 is 11.6 Å². The predicted molar refractivity (Wildman–Crippen MR) is 119 cm³/mol. The number of nitrogens with zero attached hydrogens (tertiary/aromatic N) is 2. The topological polar surface area (TPSA) is 65.6 Å². The SMILES string of the molecule is CC(C)CCOc1ccc(N(CC(C)(C)CN)C(=N)N2CCCC(C)C2)cc1. The van der Waals surface area contributed by atoms with Gasteiger partial charge in [0.05, 0.1) is 6.61 Å². The minimum absolute atomic E-state index is 0.0693. The highest BCUT2D eigenvalue weighted by Crippen LogP contribution is 2.26. The van der Waals surface area contributed by atoms with E-state index in [1.54, 1.807) is 0 Å². The van der Waals surface area contributed by atoms with E-state index in [0.717, 1.165) is 50.5 Å². The van der Waals surface area contributed by atoms with Crippen LogP contribution in [0.25, 0.3) is 0 Å². The summed E-state index contributed by atoms with van der Waals surface area (Å²) in [6.45, 7) is 15.0. The molecule has 0 spiro atoms. The Kier molecular flexibility index (Phi) is 8.17. The Balaban J connectivity index is 2.15. The zero-order valence-corrected chi connectivity index (χ0v) is 18.5. The van der Waals surface area contributed by atoms with E-state index in [4.69, 9.17) is 15.9 Å². The number of nitrogens with two attached hydrogens (primary N) is 1. The average molecular weight is 389 g/mol. The van der Waals surface area contributed by atoms with Crippen LogP contribution in [0.3, 0.4) is 0 Å². The second-order valence-corrected chi connectivity index (χ2v) is 9.50. The molecule has 1 aliphatic rings. The molecule has 1 aliphatic heterocycles. The van der Waals surface area contributed by atoms with E-state index >= 15 is 0 Å². The molecule has 0 amide bonds. The normalized spacial score (nSPS) is 17.7. The highest BCUT2D eigenvalue weighted by atomic mass is 16.5. The first kappa shape index (κ1) is 22.5. The number of piperidine rings is 1. The van der Waals surface area contributed by atoms with Gasteiger partial charge in [-0.3, -0.25) is 5.41 Å². The van der Waals surface area contributed by atoms with Gasteiger partial charge in [0.2, 0.25) is 0 Å². The molecule has 5 heteroatoms. The molecule has 1 heterocycles. The van der Waals surface area contributed by atoms with Gasteiger partial charge in [0.1, 0.15) is 5.75 Å². The van der Waals surface area contributed by atoms with Crippen LogP contribution >= 0.6 is 0 Å². The molecule has 1 saturated heterocycles. The van der Waals surface area contributed by atoms with E-state index in [-0.39, 0.29) is 5.41 Å². The zero-order valence-electron chi connectivity index (χ0n) is 18.5. The first-order chi connectivity index (χ1) is 13.2. The number of ether oxygens (including phenoxy) is 1. The van der Waals surface area contributed by atoms with Crippen LogP contribution in [-0.4, -0.2) is 43.6 Å². The van der Waals surface area contributed by atoms with Crippen molar-refractivity contribution in [2.45, 2.75) is 53.9 Å². The number of hydrogen-bond acceptors (Lipinski definition) is 3. The Morgan fingerprint density at radius 2 is 2.00 bits per heavy atom. The molecule has 2 rings (SSSR count). The lowest BCUT2D eigenvalue weighted by atomic mass is 9.92. The number of likely N-dealkylation sites (tertiary alicyclic amines) is 1. The molecule has 1 aromatic rings. The van der Waals surface area contributed by atoms with E-state index in [1.165, 1.54) is 6.42 Å². The van der Waals surface area contributed by atoms with E-state index < -0.39 is 0 Å². The van der Waals surface area contributed by atoms with Crippen molar-refractivity contribution in [1.29, 1.82) is 5.41 Å². The highest BCUT2D eigenvalue weighted by Gasteiger charge is 2.28. The van der Waals surface area contributed by atoms with Gasteiger partial charge in [-0.15, -0.1) is 0 Å². The third kappa shape index (κ3) is 6.69. The average Bonchev–Trinajstić information content (AvgIpc) is 2.66. The van der Waals surface area contributed by atoms with Gasteiger partial charge in [0.25, 0.3) is 0 Å². The van der Waals surface area contributed by atoms with Crippen LogP contribution in [0.4, 0.5) is 5.69 Å². The van der Waals surface area contributed by atoms with E-state index in [1.807, 2.05) is 12.1 Å². The van der Waals surface area contributed by atoms with Crippen LogP contribution in [0.5, 0.6) is 5.75 Å². The summed E-state index contributed by atoms with van der Waals surface area (Å²) in [5.41, 5.74) is 6.97. The number of rotatable bonds is 8. The maximum absolute atomic E-state index is 8.91. The maximum atomic E-state index is 8.91. The number of guanidine groups is 1. The molecule has 0 bridgehead atoms. The van der Waals surface area contributed by atoms with Crippen molar-refractivity contribution < 1.29 is 4.74 Å². The summed E-state index contributed by atoms with van der Waals surface area (Å²) >= 11 is 0. The third-order valence-corrected chi connectivity index (χ3v) is 5.46. The summed E-state index contributed by atoms with van der Waals surface area (Å²) in [4.78, 5) is 4.33. The van der Waals surface area contributed by atoms with Gasteiger partial charge in [-0.25, -0.2) is 0 Å². The van der Waals surface area contributed by atoms with Gasteiger partial charge in [-0.1, -0.05) is 34.6 Å². The Morgan fingerprint density at radius 3 is 2.57 bits per heavy atom. The lowest BCUT2D eigenvalue weighted by Gasteiger charge is -2.40. The van der Waals surface area contributed by atoms with Crippen LogP contribution in [0.15, 0.2) is 24.3 Å². The summed E-state index contributed by atoms with van der Waals surface area (Å²) in [5, 5.41) is 8.91. The van der Waals surface area contributed by atoms with Crippen LogP contribution in [0.1, 0.15) is 53.9 Å². The molecule has 0 aromatic heterocycles. The van der Waals surface area contributed by atoms with Crippen LogP contribution < -0.4 is 15.4 Å². The monoisotopic (exact) mass is 388 g/mol. The van der Waals surface area contributed by atoms with Gasteiger partial charge in [0.15, 0.2) is 5.96 Å². The first-order valence-electron chi connectivity index (χ1n) is 10.8. The summed E-state index contributed by atoms with van der Waals surface area (Å²) < 4.78 is 5.86. The Hall–Kier alpha value is -1.75. The first-order valence-corrected chi connectivity index (χ1v) is 10.8. The molecule has 1 unspecified atom stereocenters. The van der Waals surface area contributed by atoms with Crippen molar-refractivity contribution in [3.63, 3.8) is 0 Å². The van der Waals surface area contributed by atoms with Gasteiger partial charge >= 0.3 is 0 Å². The van der Waals surface area contributed by atoms with Gasteiger partial charge in [-0.2, -0.15) is 0 Å². The number of anilines is 1. The molecule has 1 atom stereocenters. The lowest BCUT2D eigenvalue weighted by Crippen LogP contribution is -2.51. The quantitative estimate of drug-likeness (QED) is 0.506. The lowest BCUT2D eigenvalue weighted by molar-refractivity contribution is 0.265. The summed E-state index contributed by atoms with van der Waals surface area (Å²) in [5.74, 6) is 2.75. The van der Waals surface area contributed by atoms with Crippen LogP contribution in [-0.2, 0) is 0 Å². The molecular formula is C23H40N4O. The zero-order chi connectivity index (χ0) is 20.7. The Labute approximate surface area is 171 Å². The van der Waals surface area contributed by atoms with Crippen molar-refractivity contribution in [3.05, 3.63) is 24.3 Å². The van der Waals surface area contributed by atoms with Crippen LogP contribution in [0.2, 0.25) is 0 Å². The molecule has 158 valence electrons. The highest BCUT2D eigenvalue weighted by molar-refractivity contribution is 5.94. The number of benzene rings is 1. The minimum Gasteiger partial charge on any atom is -0.494 e. The fourth-order valence-electron chi connectivity index (χ4n) is 3.47. The predicted octanol–water partition coefficient (Wildman–Crippen LogP) is 4.57. The Bertz CT molecular complexity index is 612. The van der Waals surface area contributed by atoms with E-state index in [2.05, 4.69) is 56.6 Å². The molecule has 1 fully saturated rings. The minimum atomic E-state index is -0.0693. The second-order valence-electron chi connectivity index (χ2n) is 9.50. The Morgan fingerprint density at radius 1 is 1.32 bits per heavy atom. The summed E-state index contributed by atoms with van der Waals surface area (Å²) in [6.07, 6.45) is 3.46. The van der Waals surface area contributed by atoms with Crippen molar-refractivity contribution in [3.8, 4) is 5.75 Å². The fourth-order valence-corrected chi connectivity index (χ4v) is 3.47. The van der Waals surface area contributed by atoms with Crippen molar-refractivity contribution in [2.24, 2.45) is 23.0 Å². The molecule has 0 radical (unpaired) electrons. The largest absolute Gasteiger partial charge is 0.494 e. The molecule has 1 aromatic carbocycles. The summed E-state index contributed by atoms with van der Waals surface area (Å²) in [7, 11) is 0. The summed E-state index contributed by atoms with van der Waals surface area (Å²) in [6, 6.07) is 8.17. The van der Waals surface area contributed by atoms with Crippen LogP contribution in [0, 0.1) is 22.7 Å².